The fourth-order valence-corrected chi connectivity index (χ4v) is 1.47. The maximum atomic E-state index is 10.8. The highest BCUT2D eigenvalue weighted by atomic mass is 32.1. The van der Waals surface area contributed by atoms with Crippen molar-refractivity contribution in [3.05, 3.63) is 23.8 Å². The Labute approximate surface area is 88.1 Å². The first kappa shape index (κ1) is 10.9. The van der Waals surface area contributed by atoms with Crippen LogP contribution in [0.3, 0.4) is 0 Å². The van der Waals surface area contributed by atoms with Gasteiger partial charge >= 0.3 is 5.97 Å². The summed E-state index contributed by atoms with van der Waals surface area (Å²) in [6.07, 6.45) is 0. The van der Waals surface area contributed by atoms with Gasteiger partial charge in [-0.1, -0.05) is 0 Å². The first-order valence-corrected chi connectivity index (χ1v) is 4.60. The molecule has 1 unspecified atom stereocenters. The molecule has 0 heterocycles. The Morgan fingerprint density at radius 3 is 2.71 bits per heavy atom. The van der Waals surface area contributed by atoms with Gasteiger partial charge in [-0.05, 0) is 30.7 Å². The van der Waals surface area contributed by atoms with Crippen LogP contribution in [-0.4, -0.2) is 18.2 Å². The molecule has 76 valence electrons. The Balaban J connectivity index is 3.11. The molecule has 1 N–H and O–H groups in total. The number of carboxylic acids is 1. The number of hydrogen-bond acceptors (Lipinski definition) is 3. The normalized spacial score (nSPS) is 12.2. The lowest BCUT2D eigenvalue weighted by molar-refractivity contribution is -0.138. The molecule has 14 heavy (non-hydrogen) atoms. The summed E-state index contributed by atoms with van der Waals surface area (Å²) in [5.41, 5.74) is 0.667. The Morgan fingerprint density at radius 1 is 1.57 bits per heavy atom. The second-order valence-electron chi connectivity index (χ2n) is 2.98. The van der Waals surface area contributed by atoms with Crippen molar-refractivity contribution in [2.75, 3.05) is 7.11 Å². The quantitative estimate of drug-likeness (QED) is 0.755. The van der Waals surface area contributed by atoms with Crippen LogP contribution in [0.4, 0.5) is 0 Å². The molecule has 0 saturated heterocycles. The fourth-order valence-electron chi connectivity index (χ4n) is 1.14. The molecule has 0 aromatic heterocycles. The maximum absolute atomic E-state index is 10.8. The van der Waals surface area contributed by atoms with Gasteiger partial charge < -0.3 is 9.84 Å². The van der Waals surface area contributed by atoms with Gasteiger partial charge in [0.15, 0.2) is 0 Å². The molecule has 1 rings (SSSR count). The molecule has 4 heteroatoms. The van der Waals surface area contributed by atoms with Crippen molar-refractivity contribution in [2.45, 2.75) is 17.7 Å². The fraction of sp³-hybridized carbons (Fsp3) is 0.300. The van der Waals surface area contributed by atoms with Crippen molar-refractivity contribution in [3.63, 3.8) is 0 Å². The van der Waals surface area contributed by atoms with Crippen LogP contribution >= 0.6 is 12.6 Å². The van der Waals surface area contributed by atoms with Gasteiger partial charge in [-0.3, -0.25) is 4.79 Å². The third kappa shape index (κ3) is 2.20. The maximum Gasteiger partial charge on any atom is 0.310 e. The van der Waals surface area contributed by atoms with Gasteiger partial charge in [-0.2, -0.15) is 0 Å². The number of ether oxygens (including phenoxy) is 1. The van der Waals surface area contributed by atoms with Crippen LogP contribution in [-0.2, 0) is 4.79 Å². The molecule has 0 amide bonds. The highest BCUT2D eigenvalue weighted by molar-refractivity contribution is 7.80. The largest absolute Gasteiger partial charge is 0.497 e. The summed E-state index contributed by atoms with van der Waals surface area (Å²) in [6, 6.07) is 5.18. The lowest BCUT2D eigenvalue weighted by atomic mass is 10.0. The average molecular weight is 212 g/mol. The molecule has 1 aromatic rings. The minimum atomic E-state index is -0.867. The second kappa shape index (κ2) is 4.37. The number of methoxy groups -OCH3 is 1. The Morgan fingerprint density at radius 2 is 2.21 bits per heavy atom. The molecule has 0 spiro atoms. The molecular weight excluding hydrogens is 200 g/mol. The average Bonchev–Trinajstić information content (AvgIpc) is 2.17. The van der Waals surface area contributed by atoms with E-state index in [9.17, 15) is 4.79 Å². The predicted octanol–water partition coefficient (Wildman–Crippen LogP) is 2.17. The summed E-state index contributed by atoms with van der Waals surface area (Å²) in [5, 5.41) is 8.85. The number of thiol groups is 1. The van der Waals surface area contributed by atoms with Crippen LogP contribution in [0.5, 0.6) is 5.75 Å². The van der Waals surface area contributed by atoms with Crippen LogP contribution in [0.15, 0.2) is 23.1 Å². The van der Waals surface area contributed by atoms with Crippen molar-refractivity contribution in [2.24, 2.45) is 0 Å². The molecule has 1 aromatic carbocycles. The van der Waals surface area contributed by atoms with E-state index in [1.807, 2.05) is 0 Å². The summed E-state index contributed by atoms with van der Waals surface area (Å²) >= 11 is 4.20. The number of carboxylic acid groups (broad SMARTS) is 1. The Hall–Kier alpha value is -1.16. The standard InChI is InChI=1S/C10H12O3S/c1-6(10(11)12)8-5-7(13-2)3-4-9(8)14/h3-6,14H,1-2H3,(H,11,12). The zero-order valence-electron chi connectivity index (χ0n) is 8.02. The van der Waals surface area contributed by atoms with Crippen LogP contribution in [0.25, 0.3) is 0 Å². The molecule has 0 radical (unpaired) electrons. The van der Waals surface area contributed by atoms with E-state index in [0.29, 0.717) is 16.2 Å². The van der Waals surface area contributed by atoms with E-state index in [0.717, 1.165) is 0 Å². The molecule has 0 aliphatic carbocycles. The van der Waals surface area contributed by atoms with E-state index in [1.165, 1.54) is 0 Å². The van der Waals surface area contributed by atoms with Crippen LogP contribution in [0.2, 0.25) is 0 Å². The topological polar surface area (TPSA) is 46.5 Å². The third-order valence-corrected chi connectivity index (χ3v) is 2.48. The third-order valence-electron chi connectivity index (χ3n) is 2.07. The van der Waals surface area contributed by atoms with Crippen molar-refractivity contribution in [1.82, 2.24) is 0 Å². The zero-order valence-corrected chi connectivity index (χ0v) is 8.91. The molecular formula is C10H12O3S. The van der Waals surface area contributed by atoms with E-state index in [2.05, 4.69) is 12.6 Å². The molecule has 0 aliphatic rings. The van der Waals surface area contributed by atoms with E-state index in [-0.39, 0.29) is 0 Å². The first-order valence-electron chi connectivity index (χ1n) is 4.16. The van der Waals surface area contributed by atoms with Gasteiger partial charge in [0.2, 0.25) is 0 Å². The molecule has 0 saturated carbocycles. The highest BCUT2D eigenvalue weighted by Crippen LogP contribution is 2.27. The molecule has 3 nitrogen and oxygen atoms in total. The predicted molar refractivity (Wildman–Crippen MR) is 56.3 cm³/mol. The molecule has 1 atom stereocenters. The summed E-state index contributed by atoms with van der Waals surface area (Å²) in [4.78, 5) is 11.4. The van der Waals surface area contributed by atoms with E-state index >= 15 is 0 Å². The molecule has 0 fully saturated rings. The van der Waals surface area contributed by atoms with Crippen molar-refractivity contribution in [3.8, 4) is 5.75 Å². The van der Waals surface area contributed by atoms with Gasteiger partial charge in [-0.15, -0.1) is 12.6 Å². The van der Waals surface area contributed by atoms with Crippen LogP contribution in [0.1, 0.15) is 18.4 Å². The Kier molecular flexibility index (Phi) is 3.41. The summed E-state index contributed by atoms with van der Waals surface area (Å²) < 4.78 is 5.01. The molecule has 0 bridgehead atoms. The number of rotatable bonds is 3. The second-order valence-corrected chi connectivity index (χ2v) is 3.47. The summed E-state index contributed by atoms with van der Waals surface area (Å²) in [6.45, 7) is 1.62. The van der Waals surface area contributed by atoms with Crippen molar-refractivity contribution < 1.29 is 14.6 Å². The number of carbonyl (C=O) groups is 1. The monoisotopic (exact) mass is 212 g/mol. The van der Waals surface area contributed by atoms with E-state index < -0.39 is 11.9 Å². The Bertz CT molecular complexity index is 349. The smallest absolute Gasteiger partial charge is 0.310 e. The minimum Gasteiger partial charge on any atom is -0.497 e. The van der Waals surface area contributed by atoms with Crippen molar-refractivity contribution in [1.29, 1.82) is 0 Å². The van der Waals surface area contributed by atoms with Gasteiger partial charge in [0.25, 0.3) is 0 Å². The number of hydrogen-bond donors (Lipinski definition) is 2. The number of aliphatic carboxylic acids is 1. The summed E-state index contributed by atoms with van der Waals surface area (Å²) in [7, 11) is 1.54. The lowest BCUT2D eigenvalue weighted by Gasteiger charge is -2.11. The van der Waals surface area contributed by atoms with Gasteiger partial charge in [0.1, 0.15) is 5.75 Å². The van der Waals surface area contributed by atoms with Crippen LogP contribution < -0.4 is 4.74 Å². The number of benzene rings is 1. The van der Waals surface area contributed by atoms with Gasteiger partial charge in [0, 0.05) is 4.90 Å². The SMILES string of the molecule is COc1ccc(S)c(C(C)C(=O)O)c1. The van der Waals surface area contributed by atoms with Crippen molar-refractivity contribution >= 4 is 18.6 Å². The van der Waals surface area contributed by atoms with Crippen LogP contribution in [0, 0.1) is 0 Å². The zero-order chi connectivity index (χ0) is 10.7. The minimum absolute atomic E-state index is 0.572. The highest BCUT2D eigenvalue weighted by Gasteiger charge is 2.16. The first-order chi connectivity index (χ1) is 6.56. The van der Waals surface area contributed by atoms with E-state index in [1.54, 1.807) is 32.2 Å². The lowest BCUT2D eigenvalue weighted by Crippen LogP contribution is -2.08. The van der Waals surface area contributed by atoms with Gasteiger partial charge in [-0.25, -0.2) is 0 Å². The molecule has 0 aliphatic heterocycles. The van der Waals surface area contributed by atoms with Gasteiger partial charge in [0.05, 0.1) is 13.0 Å². The van der Waals surface area contributed by atoms with E-state index in [4.69, 9.17) is 9.84 Å². The summed E-state index contributed by atoms with van der Waals surface area (Å²) in [5.74, 6) is -0.794.